The first kappa shape index (κ1) is 21.9. The summed E-state index contributed by atoms with van der Waals surface area (Å²) in [7, 11) is 0. The number of halogens is 9. The van der Waals surface area contributed by atoms with Gasteiger partial charge < -0.3 is 4.84 Å². The molecule has 0 fully saturated rings. The summed E-state index contributed by atoms with van der Waals surface area (Å²) >= 11 is 5.71. The Morgan fingerprint density at radius 1 is 0.964 bits per heavy atom. The molecule has 0 radical (unpaired) electrons. The van der Waals surface area contributed by atoms with E-state index in [-0.39, 0.29) is 17.2 Å². The molecule has 0 aliphatic heterocycles. The van der Waals surface area contributed by atoms with E-state index in [1.54, 1.807) is 0 Å². The lowest BCUT2D eigenvalue weighted by Gasteiger charge is -2.14. The minimum Gasteiger partial charge on any atom is -0.390 e. The van der Waals surface area contributed by atoms with Crippen molar-refractivity contribution in [1.82, 2.24) is 0 Å². The van der Waals surface area contributed by atoms with Crippen molar-refractivity contribution in [2.75, 3.05) is 0 Å². The Hall–Kier alpha value is -2.36. The third-order valence-corrected chi connectivity index (χ3v) is 3.85. The number of alkyl halides is 3. The smallest absolute Gasteiger partial charge is 0.390 e. The number of hydrogen-bond donors (Lipinski definition) is 0. The van der Waals surface area contributed by atoms with Crippen LogP contribution in [0.5, 0.6) is 0 Å². The molecule has 0 spiro atoms. The van der Waals surface area contributed by atoms with E-state index in [0.717, 1.165) is 12.1 Å². The van der Waals surface area contributed by atoms with Crippen molar-refractivity contribution in [3.05, 3.63) is 69.0 Å². The molecule has 0 aliphatic carbocycles. The lowest BCUT2D eigenvalue weighted by Crippen LogP contribution is -2.14. The van der Waals surface area contributed by atoms with E-state index >= 15 is 0 Å². The fourth-order valence-electron chi connectivity index (χ4n) is 2.26. The van der Waals surface area contributed by atoms with Crippen molar-refractivity contribution in [3.8, 4) is 0 Å². The largest absolute Gasteiger partial charge is 0.417 e. The first-order valence-electron chi connectivity index (χ1n) is 7.55. The normalized spacial score (nSPS) is 12.4. The van der Waals surface area contributed by atoms with Crippen LogP contribution in [-0.4, -0.2) is 5.71 Å². The van der Waals surface area contributed by atoms with Gasteiger partial charge in [-0.2, -0.15) is 13.2 Å². The Labute approximate surface area is 158 Å². The Kier molecular flexibility index (Phi) is 6.53. The SMILES string of the molecule is CCC(=NOCc1c(F)c(F)c(F)c(F)c1F)c1cc(Cl)ccc1C(F)(F)F. The number of nitrogens with zero attached hydrogens (tertiary/aromatic N) is 1. The van der Waals surface area contributed by atoms with Gasteiger partial charge in [0, 0.05) is 10.6 Å². The summed E-state index contributed by atoms with van der Waals surface area (Å²) in [6.07, 6.45) is -4.86. The number of hydrogen-bond acceptors (Lipinski definition) is 2. The second-order valence-corrected chi connectivity index (χ2v) is 5.84. The first-order valence-corrected chi connectivity index (χ1v) is 7.93. The predicted octanol–water partition coefficient (Wildman–Crippen LogP) is 6.39. The first-order chi connectivity index (χ1) is 13.0. The number of rotatable bonds is 5. The fraction of sp³-hybridized carbons (Fsp3) is 0.235. The highest BCUT2D eigenvalue weighted by molar-refractivity contribution is 6.31. The monoisotopic (exact) mass is 431 g/mol. The molecule has 0 aliphatic rings. The summed E-state index contributed by atoms with van der Waals surface area (Å²) in [6, 6.07) is 2.69. The van der Waals surface area contributed by atoms with E-state index in [1.807, 2.05) is 0 Å². The summed E-state index contributed by atoms with van der Waals surface area (Å²) in [5, 5.41) is 3.33. The van der Waals surface area contributed by atoms with Crippen molar-refractivity contribution in [3.63, 3.8) is 0 Å². The van der Waals surface area contributed by atoms with Crippen molar-refractivity contribution in [2.45, 2.75) is 26.1 Å². The van der Waals surface area contributed by atoms with Crippen LogP contribution in [0.1, 0.15) is 30.0 Å². The van der Waals surface area contributed by atoms with Gasteiger partial charge in [0.05, 0.1) is 16.8 Å². The molecule has 0 bridgehead atoms. The van der Waals surface area contributed by atoms with Gasteiger partial charge in [-0.1, -0.05) is 23.7 Å². The Balaban J connectivity index is 2.39. The lowest BCUT2D eigenvalue weighted by atomic mass is 10.0. The third kappa shape index (κ3) is 4.37. The standard InChI is InChI=1S/C17H10ClF8NO/c1-2-11(8-5-7(18)3-4-10(8)17(24,25)26)27-28-6-9-12(19)14(21)16(23)15(22)13(9)20/h3-5H,2,6H2,1H3. The van der Waals surface area contributed by atoms with Crippen LogP contribution < -0.4 is 0 Å². The van der Waals surface area contributed by atoms with Crippen LogP contribution in [0.25, 0.3) is 0 Å². The van der Waals surface area contributed by atoms with Crippen molar-refractivity contribution in [2.24, 2.45) is 5.16 Å². The molecular formula is C17H10ClF8NO. The van der Waals surface area contributed by atoms with Gasteiger partial charge in [-0.05, 0) is 24.6 Å². The highest BCUT2D eigenvalue weighted by Crippen LogP contribution is 2.34. The molecule has 0 aromatic heterocycles. The molecule has 0 amide bonds. The molecule has 2 aromatic rings. The lowest BCUT2D eigenvalue weighted by molar-refractivity contribution is -0.137. The highest BCUT2D eigenvalue weighted by Gasteiger charge is 2.34. The molecule has 0 unspecified atom stereocenters. The van der Waals surface area contributed by atoms with E-state index < -0.39 is 58.6 Å². The van der Waals surface area contributed by atoms with E-state index in [9.17, 15) is 35.1 Å². The Morgan fingerprint density at radius 2 is 1.50 bits per heavy atom. The van der Waals surface area contributed by atoms with Crippen LogP contribution in [0.15, 0.2) is 23.4 Å². The quantitative estimate of drug-likeness (QED) is 0.177. The van der Waals surface area contributed by atoms with E-state index in [1.165, 1.54) is 6.92 Å². The molecule has 2 nitrogen and oxygen atoms in total. The molecule has 0 atom stereocenters. The van der Waals surface area contributed by atoms with Crippen LogP contribution >= 0.6 is 11.6 Å². The molecule has 28 heavy (non-hydrogen) atoms. The summed E-state index contributed by atoms with van der Waals surface area (Å²) in [5.74, 6) is -10.9. The number of benzene rings is 2. The zero-order valence-electron chi connectivity index (χ0n) is 13.9. The summed E-state index contributed by atoms with van der Waals surface area (Å²) < 4.78 is 106. The van der Waals surface area contributed by atoms with Gasteiger partial charge in [0.15, 0.2) is 23.3 Å². The molecule has 2 aromatic carbocycles. The third-order valence-electron chi connectivity index (χ3n) is 3.62. The zero-order valence-corrected chi connectivity index (χ0v) is 14.7. The molecule has 11 heteroatoms. The second kappa shape index (κ2) is 8.34. The second-order valence-electron chi connectivity index (χ2n) is 5.40. The summed E-state index contributed by atoms with van der Waals surface area (Å²) in [5.41, 5.74) is -3.13. The summed E-state index contributed by atoms with van der Waals surface area (Å²) in [4.78, 5) is 4.59. The molecule has 0 saturated carbocycles. The molecule has 152 valence electrons. The maximum atomic E-state index is 13.6. The van der Waals surface area contributed by atoms with Crippen LogP contribution in [-0.2, 0) is 17.6 Å². The average molecular weight is 432 g/mol. The maximum absolute atomic E-state index is 13.6. The molecule has 0 saturated heterocycles. The van der Waals surface area contributed by atoms with Gasteiger partial charge >= 0.3 is 6.18 Å². The Morgan fingerprint density at radius 3 is 2.00 bits per heavy atom. The minimum atomic E-state index is -4.75. The zero-order chi connectivity index (χ0) is 21.2. The van der Waals surface area contributed by atoms with E-state index in [0.29, 0.717) is 6.07 Å². The van der Waals surface area contributed by atoms with Gasteiger partial charge in [-0.15, -0.1) is 0 Å². The average Bonchev–Trinajstić information content (AvgIpc) is 2.63. The molecule has 2 rings (SSSR count). The van der Waals surface area contributed by atoms with Crippen LogP contribution in [0, 0.1) is 29.1 Å². The molecular weight excluding hydrogens is 422 g/mol. The highest BCUT2D eigenvalue weighted by atomic mass is 35.5. The molecule has 0 heterocycles. The topological polar surface area (TPSA) is 21.6 Å². The van der Waals surface area contributed by atoms with Crippen LogP contribution in [0.4, 0.5) is 35.1 Å². The predicted molar refractivity (Wildman–Crippen MR) is 84.3 cm³/mol. The number of oxime groups is 1. The fourth-order valence-corrected chi connectivity index (χ4v) is 2.43. The van der Waals surface area contributed by atoms with E-state index in [4.69, 9.17) is 11.6 Å². The van der Waals surface area contributed by atoms with E-state index in [2.05, 4.69) is 9.99 Å². The minimum absolute atomic E-state index is 0.0380. The van der Waals surface area contributed by atoms with Gasteiger partial charge in [-0.25, -0.2) is 22.0 Å². The van der Waals surface area contributed by atoms with Crippen molar-refractivity contribution in [1.29, 1.82) is 0 Å². The Bertz CT molecular complexity index is 897. The van der Waals surface area contributed by atoms with Crippen LogP contribution in [0.3, 0.4) is 0 Å². The van der Waals surface area contributed by atoms with Crippen molar-refractivity contribution >= 4 is 17.3 Å². The molecule has 0 N–H and O–H groups in total. The van der Waals surface area contributed by atoms with Crippen molar-refractivity contribution < 1.29 is 40.0 Å². The van der Waals surface area contributed by atoms with Gasteiger partial charge in [0.25, 0.3) is 0 Å². The van der Waals surface area contributed by atoms with Crippen LogP contribution in [0.2, 0.25) is 5.02 Å². The van der Waals surface area contributed by atoms with Gasteiger partial charge in [-0.3, -0.25) is 0 Å². The van der Waals surface area contributed by atoms with Gasteiger partial charge in [0.1, 0.15) is 6.61 Å². The van der Waals surface area contributed by atoms with Gasteiger partial charge in [0.2, 0.25) is 5.82 Å². The summed E-state index contributed by atoms with van der Waals surface area (Å²) in [6.45, 7) is 0.221. The maximum Gasteiger partial charge on any atom is 0.417 e.